The number of hydrogen-bond acceptors (Lipinski definition) is 3. The second kappa shape index (κ2) is 11.4. The monoisotopic (exact) mass is 298 g/mol. The SMILES string of the molecule is CC.CC.COc1cc(NC2CN(CCF)C2)ccc1C. The average Bonchev–Trinajstić information content (AvgIpc) is 2.51. The third kappa shape index (κ3) is 6.34. The molecule has 0 amide bonds. The summed E-state index contributed by atoms with van der Waals surface area (Å²) in [5, 5.41) is 3.42. The molecule has 0 bridgehead atoms. The zero-order valence-electron chi connectivity index (χ0n) is 14.4. The van der Waals surface area contributed by atoms with E-state index in [1.165, 1.54) is 0 Å². The van der Waals surface area contributed by atoms with Crippen molar-refractivity contribution in [2.45, 2.75) is 40.7 Å². The lowest BCUT2D eigenvalue weighted by atomic mass is 10.1. The van der Waals surface area contributed by atoms with Crippen molar-refractivity contribution in [2.24, 2.45) is 0 Å². The number of anilines is 1. The molecule has 1 heterocycles. The van der Waals surface area contributed by atoms with E-state index in [1.54, 1.807) is 7.11 Å². The number of likely N-dealkylation sites (tertiary alicyclic amines) is 1. The van der Waals surface area contributed by atoms with Gasteiger partial charge in [-0.05, 0) is 18.6 Å². The van der Waals surface area contributed by atoms with Gasteiger partial charge in [0.2, 0.25) is 0 Å². The van der Waals surface area contributed by atoms with Gasteiger partial charge in [0, 0.05) is 31.4 Å². The summed E-state index contributed by atoms with van der Waals surface area (Å²) in [4.78, 5) is 2.10. The predicted molar refractivity (Wildman–Crippen MR) is 90.3 cm³/mol. The highest BCUT2D eigenvalue weighted by molar-refractivity contribution is 5.52. The molecule has 0 aliphatic carbocycles. The maximum atomic E-state index is 12.1. The van der Waals surface area contributed by atoms with Gasteiger partial charge in [-0.15, -0.1) is 0 Å². The van der Waals surface area contributed by atoms with Gasteiger partial charge in [0.25, 0.3) is 0 Å². The van der Waals surface area contributed by atoms with Crippen LogP contribution in [0.4, 0.5) is 10.1 Å². The number of rotatable bonds is 5. The highest BCUT2D eigenvalue weighted by atomic mass is 19.1. The van der Waals surface area contributed by atoms with Gasteiger partial charge in [-0.1, -0.05) is 33.8 Å². The number of methoxy groups -OCH3 is 1. The van der Waals surface area contributed by atoms with Crippen LogP contribution >= 0.6 is 0 Å². The fraction of sp³-hybridized carbons (Fsp3) is 0.647. The molecule has 1 aliphatic rings. The molecule has 1 fully saturated rings. The molecule has 1 N–H and O–H groups in total. The molecule has 4 heteroatoms. The van der Waals surface area contributed by atoms with E-state index in [2.05, 4.69) is 16.3 Å². The first-order chi connectivity index (χ1) is 10.2. The van der Waals surface area contributed by atoms with Crippen LogP contribution in [0.25, 0.3) is 0 Å². The Kier molecular flexibility index (Phi) is 10.7. The predicted octanol–water partition coefficient (Wildman–Crippen LogP) is 4.12. The Hall–Kier alpha value is -1.29. The molecule has 1 aliphatic heterocycles. The van der Waals surface area contributed by atoms with Gasteiger partial charge in [0.15, 0.2) is 0 Å². The summed E-state index contributed by atoms with van der Waals surface area (Å²) in [5.74, 6) is 0.898. The molecule has 0 atom stereocenters. The maximum Gasteiger partial charge on any atom is 0.123 e. The van der Waals surface area contributed by atoms with Crippen molar-refractivity contribution in [3.8, 4) is 5.75 Å². The normalized spacial score (nSPS) is 14.0. The summed E-state index contributed by atoms with van der Waals surface area (Å²) in [6, 6.07) is 6.52. The van der Waals surface area contributed by atoms with Gasteiger partial charge < -0.3 is 10.1 Å². The number of ether oxygens (including phenoxy) is 1. The molecule has 0 spiro atoms. The van der Waals surface area contributed by atoms with Crippen molar-refractivity contribution >= 4 is 5.69 Å². The standard InChI is InChI=1S/C13H19FN2O.2C2H6/c1-10-3-4-11(7-13(10)17-2)15-12-8-16(9-12)6-5-14;2*1-2/h3-4,7,12,15H,5-6,8-9H2,1-2H3;2*1-2H3. The zero-order valence-corrected chi connectivity index (χ0v) is 14.4. The molecule has 0 radical (unpaired) electrons. The minimum atomic E-state index is -0.259. The highest BCUT2D eigenvalue weighted by Gasteiger charge is 2.25. The van der Waals surface area contributed by atoms with E-state index in [-0.39, 0.29) is 6.67 Å². The topological polar surface area (TPSA) is 24.5 Å². The number of halogens is 1. The van der Waals surface area contributed by atoms with Crippen LogP contribution < -0.4 is 10.1 Å². The van der Waals surface area contributed by atoms with E-state index in [1.807, 2.05) is 46.8 Å². The molecule has 1 aromatic rings. The first kappa shape index (κ1) is 19.7. The third-order valence-corrected chi connectivity index (χ3v) is 3.14. The van der Waals surface area contributed by atoms with Crippen molar-refractivity contribution < 1.29 is 9.13 Å². The van der Waals surface area contributed by atoms with Crippen LogP contribution in [-0.4, -0.2) is 44.4 Å². The van der Waals surface area contributed by atoms with E-state index in [9.17, 15) is 4.39 Å². The van der Waals surface area contributed by atoms with Gasteiger partial charge >= 0.3 is 0 Å². The fourth-order valence-electron chi connectivity index (χ4n) is 2.11. The quantitative estimate of drug-likeness (QED) is 0.885. The van der Waals surface area contributed by atoms with E-state index < -0.39 is 0 Å². The van der Waals surface area contributed by atoms with E-state index in [0.717, 1.165) is 30.1 Å². The first-order valence-electron chi connectivity index (χ1n) is 7.92. The van der Waals surface area contributed by atoms with Crippen LogP contribution in [0.15, 0.2) is 18.2 Å². The van der Waals surface area contributed by atoms with Crippen molar-refractivity contribution in [3.63, 3.8) is 0 Å². The lowest BCUT2D eigenvalue weighted by Crippen LogP contribution is -2.55. The van der Waals surface area contributed by atoms with Crippen LogP contribution in [0.5, 0.6) is 5.75 Å². The Balaban J connectivity index is 0.000000921. The van der Waals surface area contributed by atoms with Crippen LogP contribution in [0.1, 0.15) is 33.3 Å². The van der Waals surface area contributed by atoms with Crippen LogP contribution in [0, 0.1) is 6.92 Å². The molecule has 0 saturated carbocycles. The molecule has 1 saturated heterocycles. The van der Waals surface area contributed by atoms with Crippen LogP contribution in [0.2, 0.25) is 0 Å². The van der Waals surface area contributed by atoms with Crippen molar-refractivity contribution in [1.29, 1.82) is 0 Å². The van der Waals surface area contributed by atoms with Gasteiger partial charge in [-0.3, -0.25) is 4.90 Å². The van der Waals surface area contributed by atoms with Gasteiger partial charge in [0.05, 0.1) is 13.2 Å². The lowest BCUT2D eigenvalue weighted by molar-refractivity contribution is 0.150. The van der Waals surface area contributed by atoms with Crippen LogP contribution in [0.3, 0.4) is 0 Å². The molecule has 1 aromatic carbocycles. The molecule has 122 valence electrons. The number of hydrogen-bond donors (Lipinski definition) is 1. The minimum absolute atomic E-state index is 0.259. The molecule has 3 nitrogen and oxygen atoms in total. The summed E-state index contributed by atoms with van der Waals surface area (Å²) in [6.45, 7) is 12.1. The van der Waals surface area contributed by atoms with Gasteiger partial charge in [-0.2, -0.15) is 0 Å². The van der Waals surface area contributed by atoms with Gasteiger partial charge in [0.1, 0.15) is 12.4 Å². The van der Waals surface area contributed by atoms with Gasteiger partial charge in [-0.25, -0.2) is 4.39 Å². The largest absolute Gasteiger partial charge is 0.496 e. The van der Waals surface area contributed by atoms with Crippen molar-refractivity contribution in [3.05, 3.63) is 23.8 Å². The van der Waals surface area contributed by atoms with E-state index >= 15 is 0 Å². The van der Waals surface area contributed by atoms with Crippen LogP contribution in [-0.2, 0) is 0 Å². The molecular formula is C17H31FN2O. The number of alkyl halides is 1. The summed E-state index contributed by atoms with van der Waals surface area (Å²) in [5.41, 5.74) is 2.20. The smallest absolute Gasteiger partial charge is 0.123 e. The second-order valence-electron chi connectivity index (χ2n) is 4.47. The number of benzene rings is 1. The van der Waals surface area contributed by atoms with E-state index in [0.29, 0.717) is 12.6 Å². The Morgan fingerprint density at radius 1 is 1.24 bits per heavy atom. The first-order valence-corrected chi connectivity index (χ1v) is 7.92. The molecule has 0 unspecified atom stereocenters. The maximum absolute atomic E-state index is 12.1. The number of nitrogens with one attached hydrogen (secondary N) is 1. The summed E-state index contributed by atoms with van der Waals surface area (Å²) < 4.78 is 17.4. The average molecular weight is 298 g/mol. The molecule has 0 aromatic heterocycles. The Labute approximate surface area is 129 Å². The zero-order chi connectivity index (χ0) is 16.3. The van der Waals surface area contributed by atoms with Crippen molar-refractivity contribution in [1.82, 2.24) is 4.90 Å². The summed E-state index contributed by atoms with van der Waals surface area (Å²) >= 11 is 0. The molecule has 21 heavy (non-hydrogen) atoms. The highest BCUT2D eigenvalue weighted by Crippen LogP contribution is 2.23. The minimum Gasteiger partial charge on any atom is -0.496 e. The Morgan fingerprint density at radius 2 is 1.86 bits per heavy atom. The molecular weight excluding hydrogens is 267 g/mol. The number of aryl methyl sites for hydroxylation is 1. The van der Waals surface area contributed by atoms with Crippen molar-refractivity contribution in [2.75, 3.05) is 38.7 Å². The van der Waals surface area contributed by atoms with E-state index in [4.69, 9.17) is 4.74 Å². The molecule has 2 rings (SSSR count). The third-order valence-electron chi connectivity index (χ3n) is 3.14. The lowest BCUT2D eigenvalue weighted by Gasteiger charge is -2.39. The summed E-state index contributed by atoms with van der Waals surface area (Å²) in [7, 11) is 1.68. The summed E-state index contributed by atoms with van der Waals surface area (Å²) in [6.07, 6.45) is 0. The Morgan fingerprint density at radius 3 is 2.38 bits per heavy atom. The fourth-order valence-corrected chi connectivity index (χ4v) is 2.11. The number of nitrogens with zero attached hydrogens (tertiary/aromatic N) is 1. The Bertz CT molecular complexity index is 379. The second-order valence-corrected chi connectivity index (χ2v) is 4.47.